The third-order valence-electron chi connectivity index (χ3n) is 2.72. The fraction of sp³-hybridized carbons (Fsp3) is 0.286. The highest BCUT2D eigenvalue weighted by Gasteiger charge is 2.33. The second-order valence-corrected chi connectivity index (χ2v) is 5.24. The molecule has 1 nitrogen and oxygen atoms in total. The van der Waals surface area contributed by atoms with Crippen molar-refractivity contribution in [3.8, 4) is 5.75 Å². The van der Waals surface area contributed by atoms with E-state index in [1.54, 1.807) is 24.3 Å². The molecule has 1 aliphatic carbocycles. The van der Waals surface area contributed by atoms with Crippen molar-refractivity contribution in [1.82, 2.24) is 0 Å². The van der Waals surface area contributed by atoms with Gasteiger partial charge in [0.25, 0.3) is 5.92 Å². The summed E-state index contributed by atoms with van der Waals surface area (Å²) in [5.74, 6) is -2.44. The molecule has 0 amide bonds. The van der Waals surface area contributed by atoms with Gasteiger partial charge in [-0.15, -0.1) is 0 Å². The Labute approximate surface area is 113 Å². The van der Waals surface area contributed by atoms with Gasteiger partial charge >= 0.3 is 0 Å². The van der Waals surface area contributed by atoms with Crippen LogP contribution in [-0.4, -0.2) is 5.92 Å². The molecule has 4 heteroatoms. The van der Waals surface area contributed by atoms with Crippen LogP contribution < -0.4 is 4.74 Å². The van der Waals surface area contributed by atoms with Gasteiger partial charge < -0.3 is 4.74 Å². The molecule has 1 unspecified atom stereocenters. The van der Waals surface area contributed by atoms with E-state index >= 15 is 0 Å². The molecule has 0 aliphatic heterocycles. The zero-order chi connectivity index (χ0) is 13.2. The normalized spacial score (nSPS) is 19.6. The highest BCUT2D eigenvalue weighted by Crippen LogP contribution is 2.32. The lowest BCUT2D eigenvalue weighted by Crippen LogP contribution is -2.24. The number of halogens is 3. The maximum absolute atomic E-state index is 13.2. The van der Waals surface area contributed by atoms with E-state index in [1.165, 1.54) is 6.08 Å². The van der Waals surface area contributed by atoms with Crippen LogP contribution in [0.5, 0.6) is 5.75 Å². The van der Waals surface area contributed by atoms with Gasteiger partial charge in [0.1, 0.15) is 11.5 Å². The molecule has 0 saturated heterocycles. The summed E-state index contributed by atoms with van der Waals surface area (Å²) in [6.07, 6.45) is 5.27. The summed E-state index contributed by atoms with van der Waals surface area (Å²) in [5, 5.41) is 0. The number of rotatable bonds is 3. The predicted octanol–water partition coefficient (Wildman–Crippen LogP) is 4.94. The lowest BCUT2D eigenvalue weighted by atomic mass is 9.94. The van der Waals surface area contributed by atoms with E-state index in [0.717, 1.165) is 11.4 Å². The van der Waals surface area contributed by atoms with Crippen LogP contribution >= 0.6 is 15.9 Å². The number of hydrogen-bond acceptors (Lipinski definition) is 1. The van der Waals surface area contributed by atoms with Gasteiger partial charge in [-0.1, -0.05) is 28.1 Å². The summed E-state index contributed by atoms with van der Waals surface area (Å²) >= 11 is 3.33. The Bertz CT molecular complexity index is 489. The summed E-state index contributed by atoms with van der Waals surface area (Å²) in [4.78, 5) is 0. The molecule has 0 bridgehead atoms. The van der Waals surface area contributed by atoms with Gasteiger partial charge in [-0.2, -0.15) is 0 Å². The highest BCUT2D eigenvalue weighted by molar-refractivity contribution is 9.10. The molecule has 1 aromatic rings. The molecule has 96 valence electrons. The quantitative estimate of drug-likeness (QED) is 0.767. The van der Waals surface area contributed by atoms with E-state index in [2.05, 4.69) is 15.9 Å². The van der Waals surface area contributed by atoms with Crippen molar-refractivity contribution in [2.45, 2.75) is 19.3 Å². The lowest BCUT2D eigenvalue weighted by Gasteiger charge is -2.22. The largest absolute Gasteiger partial charge is 0.458 e. The summed E-state index contributed by atoms with van der Waals surface area (Å²) in [6, 6.07) is 7.29. The van der Waals surface area contributed by atoms with Crippen molar-refractivity contribution < 1.29 is 13.5 Å². The van der Waals surface area contributed by atoms with E-state index in [9.17, 15) is 8.78 Å². The average molecular weight is 315 g/mol. The number of benzene rings is 1. The summed E-state index contributed by atoms with van der Waals surface area (Å²) in [6.45, 7) is 0.935. The van der Waals surface area contributed by atoms with Crippen LogP contribution in [0.4, 0.5) is 8.78 Å². The first kappa shape index (κ1) is 13.3. The standard InChI is InChI=1S/C14H13BrF2O/c1-14(16,17)10-4-2-6-12(8-10)18-13-7-3-5-11(15)9-13/h2-3,5-10H,4H2,1H3. The zero-order valence-corrected chi connectivity index (χ0v) is 11.5. The molecule has 0 heterocycles. The topological polar surface area (TPSA) is 9.23 Å². The van der Waals surface area contributed by atoms with E-state index in [-0.39, 0.29) is 0 Å². The van der Waals surface area contributed by atoms with Crippen molar-refractivity contribution in [3.63, 3.8) is 0 Å². The molecule has 0 radical (unpaired) electrons. The van der Waals surface area contributed by atoms with Crippen molar-refractivity contribution in [2.24, 2.45) is 5.92 Å². The van der Waals surface area contributed by atoms with E-state index in [4.69, 9.17) is 4.74 Å². The van der Waals surface area contributed by atoms with Crippen LogP contribution in [0, 0.1) is 5.92 Å². The maximum Gasteiger partial charge on any atom is 0.252 e. The smallest absolute Gasteiger partial charge is 0.252 e. The van der Waals surface area contributed by atoms with Gasteiger partial charge in [0, 0.05) is 10.4 Å². The first-order valence-corrected chi connectivity index (χ1v) is 6.44. The molecule has 1 aliphatic rings. The van der Waals surface area contributed by atoms with E-state index < -0.39 is 11.8 Å². The Kier molecular flexibility index (Phi) is 3.85. The van der Waals surface area contributed by atoms with Crippen LogP contribution in [0.2, 0.25) is 0 Å². The molecular weight excluding hydrogens is 302 g/mol. The van der Waals surface area contributed by atoms with Crippen molar-refractivity contribution in [1.29, 1.82) is 0 Å². The van der Waals surface area contributed by atoms with Crippen molar-refractivity contribution in [3.05, 3.63) is 52.7 Å². The second-order valence-electron chi connectivity index (χ2n) is 4.33. The fourth-order valence-electron chi connectivity index (χ4n) is 1.74. The zero-order valence-electron chi connectivity index (χ0n) is 9.87. The number of hydrogen-bond donors (Lipinski definition) is 0. The first-order chi connectivity index (χ1) is 8.45. The maximum atomic E-state index is 13.2. The Morgan fingerprint density at radius 3 is 2.83 bits per heavy atom. The number of alkyl halides is 2. The van der Waals surface area contributed by atoms with Crippen molar-refractivity contribution in [2.75, 3.05) is 0 Å². The highest BCUT2D eigenvalue weighted by atomic mass is 79.9. The molecule has 18 heavy (non-hydrogen) atoms. The first-order valence-electron chi connectivity index (χ1n) is 5.65. The molecule has 1 atom stereocenters. The monoisotopic (exact) mass is 314 g/mol. The van der Waals surface area contributed by atoms with Crippen LogP contribution in [0.3, 0.4) is 0 Å². The minimum Gasteiger partial charge on any atom is -0.458 e. The van der Waals surface area contributed by atoms with Gasteiger partial charge in [0.05, 0.1) is 0 Å². The van der Waals surface area contributed by atoms with Crippen LogP contribution in [0.25, 0.3) is 0 Å². The fourth-order valence-corrected chi connectivity index (χ4v) is 2.12. The molecular formula is C14H13BrF2O. The minimum atomic E-state index is -2.73. The van der Waals surface area contributed by atoms with E-state index in [1.807, 2.05) is 12.1 Å². The average Bonchev–Trinajstić information content (AvgIpc) is 2.28. The van der Waals surface area contributed by atoms with Crippen LogP contribution in [0.1, 0.15) is 13.3 Å². The van der Waals surface area contributed by atoms with Crippen molar-refractivity contribution >= 4 is 15.9 Å². The Morgan fingerprint density at radius 1 is 1.39 bits per heavy atom. The Balaban J connectivity index is 2.14. The molecule has 0 saturated carbocycles. The molecule has 0 fully saturated rings. The van der Waals surface area contributed by atoms with Gasteiger partial charge in [0.15, 0.2) is 0 Å². The van der Waals surface area contributed by atoms with Gasteiger partial charge in [-0.25, -0.2) is 8.78 Å². The third-order valence-corrected chi connectivity index (χ3v) is 3.21. The third kappa shape index (κ3) is 3.42. The summed E-state index contributed by atoms with van der Waals surface area (Å²) in [5.41, 5.74) is 0. The molecule has 1 aromatic carbocycles. The Hall–Kier alpha value is -1.16. The second kappa shape index (κ2) is 5.22. The molecule has 2 rings (SSSR count). The van der Waals surface area contributed by atoms with Gasteiger partial charge in [-0.3, -0.25) is 0 Å². The van der Waals surface area contributed by atoms with Gasteiger partial charge in [-0.05, 0) is 43.7 Å². The predicted molar refractivity (Wildman–Crippen MR) is 70.7 cm³/mol. The summed E-state index contributed by atoms with van der Waals surface area (Å²) in [7, 11) is 0. The van der Waals surface area contributed by atoms with Crippen LogP contribution in [-0.2, 0) is 0 Å². The Morgan fingerprint density at radius 2 is 2.17 bits per heavy atom. The SMILES string of the molecule is CC(F)(F)C1C=C(Oc2cccc(Br)c2)C=CC1. The minimum absolute atomic E-state index is 0.342. The molecule has 0 spiro atoms. The number of allylic oxidation sites excluding steroid dienone is 3. The number of ether oxygens (including phenoxy) is 1. The summed E-state index contributed by atoms with van der Waals surface area (Å²) < 4.78 is 32.9. The lowest BCUT2D eigenvalue weighted by molar-refractivity contribution is -0.0211. The molecule has 0 aromatic heterocycles. The molecule has 0 N–H and O–H groups in total. The van der Waals surface area contributed by atoms with E-state index in [0.29, 0.717) is 17.9 Å². The van der Waals surface area contributed by atoms with Crippen LogP contribution in [0.15, 0.2) is 52.7 Å². The van der Waals surface area contributed by atoms with Gasteiger partial charge in [0.2, 0.25) is 0 Å².